The molecule has 3 nitrogen and oxygen atoms in total. The third-order valence-electron chi connectivity index (χ3n) is 11.3. The lowest BCUT2D eigenvalue weighted by molar-refractivity contribution is -0.361. The first kappa shape index (κ1) is 24.5. The van der Waals surface area contributed by atoms with Crippen LogP contribution < -0.4 is 0 Å². The lowest BCUT2D eigenvalue weighted by atomic mass is 9.45. The van der Waals surface area contributed by atoms with Gasteiger partial charge in [-0.25, -0.2) is 4.89 Å². The fraction of sp³-hybridized carbons (Fsp3) is 0.862. The van der Waals surface area contributed by atoms with Crippen LogP contribution in [0.15, 0.2) is 24.3 Å². The van der Waals surface area contributed by atoms with E-state index in [1.54, 1.807) is 0 Å². The standard InChI is InChI=1S/C29H48O3/c1-7-21(19(2)3)9-8-20(4)24-10-11-25-23-13-17-29(32-31)18-22(30)12-16-28(29,6)26(23)14-15-27(24,25)5/h13,17,20-26,30-31H,2,7-12,14-16,18H2,1,3-6H3/t20-,21+,22+,23+,24-,25+,26-,27-,28-,29-/m1/s1. The summed E-state index contributed by atoms with van der Waals surface area (Å²) >= 11 is 0. The van der Waals surface area contributed by atoms with Gasteiger partial charge in [-0.2, -0.15) is 0 Å². The van der Waals surface area contributed by atoms with Gasteiger partial charge >= 0.3 is 0 Å². The minimum absolute atomic E-state index is 0.0960. The molecule has 3 heteroatoms. The molecule has 32 heavy (non-hydrogen) atoms. The molecule has 0 aromatic heterocycles. The SMILES string of the molecule is C=C(C)[C@@H](CC)CC[C@@H](C)[C@H]1CC[C@H]2[C@@H]3C=C[C@@]4(OO)C[C@@H](O)CC[C@]4(C)[C@@H]3CC[C@]12C. The molecule has 3 fully saturated rings. The molecule has 0 aliphatic heterocycles. The van der Waals surface area contributed by atoms with Crippen LogP contribution in [0.2, 0.25) is 0 Å². The van der Waals surface area contributed by atoms with Crippen LogP contribution in [-0.4, -0.2) is 22.1 Å². The predicted octanol–water partition coefficient (Wildman–Crippen LogP) is 7.41. The highest BCUT2D eigenvalue weighted by molar-refractivity contribution is 5.25. The number of rotatable bonds is 7. The van der Waals surface area contributed by atoms with Crippen LogP contribution in [-0.2, 0) is 4.89 Å². The average Bonchev–Trinajstić information content (AvgIpc) is 3.11. The zero-order valence-corrected chi connectivity index (χ0v) is 21.3. The van der Waals surface area contributed by atoms with Crippen molar-refractivity contribution in [3.63, 3.8) is 0 Å². The van der Waals surface area contributed by atoms with E-state index in [4.69, 9.17) is 4.89 Å². The molecule has 0 unspecified atom stereocenters. The predicted molar refractivity (Wildman–Crippen MR) is 131 cm³/mol. The van der Waals surface area contributed by atoms with Crippen molar-refractivity contribution in [2.75, 3.05) is 0 Å². The number of hydrogen-bond donors (Lipinski definition) is 2. The van der Waals surface area contributed by atoms with Crippen molar-refractivity contribution >= 4 is 0 Å². The van der Waals surface area contributed by atoms with Gasteiger partial charge in [0.2, 0.25) is 0 Å². The van der Waals surface area contributed by atoms with Crippen molar-refractivity contribution in [2.45, 2.75) is 111 Å². The molecule has 4 aliphatic carbocycles. The van der Waals surface area contributed by atoms with Crippen LogP contribution in [0.3, 0.4) is 0 Å². The summed E-state index contributed by atoms with van der Waals surface area (Å²) in [5, 5.41) is 20.4. The van der Waals surface area contributed by atoms with Gasteiger partial charge < -0.3 is 5.11 Å². The second kappa shape index (κ2) is 8.86. The minimum atomic E-state index is -0.720. The quantitative estimate of drug-likeness (QED) is 0.244. The van der Waals surface area contributed by atoms with E-state index in [0.717, 1.165) is 30.6 Å². The number of hydrogen-bond acceptors (Lipinski definition) is 3. The maximum Gasteiger partial charge on any atom is 0.129 e. The summed E-state index contributed by atoms with van der Waals surface area (Å²) in [6, 6.07) is 0. The molecule has 0 bridgehead atoms. The zero-order chi connectivity index (χ0) is 23.3. The molecular formula is C29H48O3. The van der Waals surface area contributed by atoms with E-state index in [9.17, 15) is 10.4 Å². The first-order valence-corrected chi connectivity index (χ1v) is 13.5. The van der Waals surface area contributed by atoms with Crippen LogP contribution >= 0.6 is 0 Å². The summed E-state index contributed by atoms with van der Waals surface area (Å²) in [4.78, 5) is 5.23. The Morgan fingerprint density at radius 3 is 2.53 bits per heavy atom. The van der Waals surface area contributed by atoms with Crippen molar-refractivity contribution in [3.8, 4) is 0 Å². The maximum absolute atomic E-state index is 10.4. The number of allylic oxidation sites excluding steroid dienone is 2. The van der Waals surface area contributed by atoms with E-state index in [1.165, 1.54) is 50.5 Å². The molecule has 2 N–H and O–H groups in total. The highest BCUT2D eigenvalue weighted by Gasteiger charge is 2.64. The van der Waals surface area contributed by atoms with Crippen LogP contribution in [0.1, 0.15) is 98.8 Å². The van der Waals surface area contributed by atoms with E-state index in [0.29, 0.717) is 29.6 Å². The topological polar surface area (TPSA) is 49.7 Å². The molecule has 3 saturated carbocycles. The molecule has 0 radical (unpaired) electrons. The first-order chi connectivity index (χ1) is 15.1. The van der Waals surface area contributed by atoms with E-state index >= 15 is 0 Å². The largest absolute Gasteiger partial charge is 0.393 e. The van der Waals surface area contributed by atoms with Gasteiger partial charge in [-0.15, -0.1) is 0 Å². The molecule has 182 valence electrons. The van der Waals surface area contributed by atoms with Crippen molar-refractivity contribution in [2.24, 2.45) is 46.3 Å². The molecule has 10 atom stereocenters. The summed E-state index contributed by atoms with van der Waals surface area (Å²) in [5.74, 6) is 4.09. The first-order valence-electron chi connectivity index (χ1n) is 13.5. The second-order valence-corrected chi connectivity index (χ2v) is 12.7. The minimum Gasteiger partial charge on any atom is -0.393 e. The van der Waals surface area contributed by atoms with Crippen LogP contribution in [0, 0.1) is 46.3 Å². The van der Waals surface area contributed by atoms with E-state index in [2.05, 4.69) is 53.3 Å². The molecule has 0 aromatic carbocycles. The van der Waals surface area contributed by atoms with Gasteiger partial charge in [0.05, 0.1) is 6.10 Å². The van der Waals surface area contributed by atoms with Gasteiger partial charge in [-0.05, 0) is 106 Å². The lowest BCUT2D eigenvalue weighted by Gasteiger charge is -2.62. The Morgan fingerprint density at radius 2 is 1.88 bits per heavy atom. The van der Waals surface area contributed by atoms with E-state index in [-0.39, 0.29) is 11.5 Å². The van der Waals surface area contributed by atoms with E-state index in [1.807, 2.05) is 0 Å². The maximum atomic E-state index is 10.4. The fourth-order valence-electron chi connectivity index (χ4n) is 9.21. The summed E-state index contributed by atoms with van der Waals surface area (Å²) in [6.45, 7) is 16.2. The lowest BCUT2D eigenvalue weighted by Crippen LogP contribution is -2.61. The van der Waals surface area contributed by atoms with Gasteiger partial charge in [0.15, 0.2) is 0 Å². The molecular weight excluding hydrogens is 396 g/mol. The van der Waals surface area contributed by atoms with Crippen molar-refractivity contribution in [1.29, 1.82) is 0 Å². The smallest absolute Gasteiger partial charge is 0.129 e. The summed E-state index contributed by atoms with van der Waals surface area (Å²) in [5.41, 5.74) is 0.952. The molecule has 4 aliphatic rings. The van der Waals surface area contributed by atoms with Gasteiger partial charge in [0.1, 0.15) is 5.60 Å². The van der Waals surface area contributed by atoms with Crippen molar-refractivity contribution in [1.82, 2.24) is 0 Å². The molecule has 0 amide bonds. The van der Waals surface area contributed by atoms with Gasteiger partial charge in [0, 0.05) is 11.8 Å². The van der Waals surface area contributed by atoms with Crippen LogP contribution in [0.25, 0.3) is 0 Å². The number of fused-ring (bicyclic) bond motifs is 5. The number of aliphatic hydroxyl groups is 1. The van der Waals surface area contributed by atoms with Crippen molar-refractivity contribution in [3.05, 3.63) is 24.3 Å². The Balaban J connectivity index is 1.54. The Hall–Kier alpha value is -0.640. The second-order valence-electron chi connectivity index (χ2n) is 12.7. The van der Waals surface area contributed by atoms with Gasteiger partial charge in [0.25, 0.3) is 0 Å². The van der Waals surface area contributed by atoms with Gasteiger partial charge in [-0.1, -0.05) is 52.0 Å². The Labute approximate surface area is 196 Å². The summed E-state index contributed by atoms with van der Waals surface area (Å²) < 4.78 is 0. The fourth-order valence-corrected chi connectivity index (χ4v) is 9.21. The summed E-state index contributed by atoms with van der Waals surface area (Å²) in [6.07, 6.45) is 15.4. The van der Waals surface area contributed by atoms with Crippen LogP contribution in [0.5, 0.6) is 0 Å². The average molecular weight is 445 g/mol. The molecule has 0 saturated heterocycles. The molecule has 0 heterocycles. The Bertz CT molecular complexity index is 730. The number of aliphatic hydroxyl groups excluding tert-OH is 1. The zero-order valence-electron chi connectivity index (χ0n) is 21.3. The molecule has 4 rings (SSSR count). The monoisotopic (exact) mass is 444 g/mol. The highest BCUT2D eigenvalue weighted by atomic mass is 17.1. The molecule has 0 spiro atoms. The Morgan fingerprint density at radius 1 is 1.12 bits per heavy atom. The van der Waals surface area contributed by atoms with Gasteiger partial charge in [-0.3, -0.25) is 5.26 Å². The normalized spacial score (nSPS) is 47.3. The third kappa shape index (κ3) is 3.66. The van der Waals surface area contributed by atoms with Crippen LogP contribution in [0.4, 0.5) is 0 Å². The highest BCUT2D eigenvalue weighted by Crippen LogP contribution is 2.68. The molecule has 0 aromatic rings. The van der Waals surface area contributed by atoms with Crippen molar-refractivity contribution < 1.29 is 15.3 Å². The Kier molecular flexibility index (Phi) is 6.78. The van der Waals surface area contributed by atoms with E-state index < -0.39 is 5.60 Å². The third-order valence-corrected chi connectivity index (χ3v) is 11.3. The summed E-state index contributed by atoms with van der Waals surface area (Å²) in [7, 11) is 0.